The van der Waals surface area contributed by atoms with Crippen molar-refractivity contribution in [2.24, 2.45) is 16.9 Å². The zero-order chi connectivity index (χ0) is 26.5. The lowest BCUT2D eigenvalue weighted by atomic mass is 9.94. The molecule has 0 amide bonds. The zero-order valence-corrected chi connectivity index (χ0v) is 20.3. The van der Waals surface area contributed by atoms with Gasteiger partial charge in [0.1, 0.15) is 29.1 Å². The Kier molecular flexibility index (Phi) is 6.41. The molecule has 1 saturated carbocycles. The standard InChI is InChI=1S/C26H27F4N3O4/c1-14-21(12-24(34)35)33(31-25(14)26(28,29)30)16-3-5-18(6-4-16)37-23-10-17-9-15(23)13-32(17)22-11-19(36-2)7-8-20(22)27/h3-8,11,14-15,17,21,23H,9-10,12-13H2,1-2H3,(H,34,35)/t14-,15+,17+,21-,23?/m0/s1. The summed E-state index contributed by atoms with van der Waals surface area (Å²) in [5.74, 6) is -1.22. The second-order valence-corrected chi connectivity index (χ2v) is 9.79. The van der Waals surface area contributed by atoms with E-state index in [-0.39, 0.29) is 23.9 Å². The number of piperidine rings is 1. The highest BCUT2D eigenvalue weighted by atomic mass is 19.4. The van der Waals surface area contributed by atoms with Crippen LogP contribution in [0.3, 0.4) is 0 Å². The number of hydrogen-bond donors (Lipinski definition) is 1. The summed E-state index contributed by atoms with van der Waals surface area (Å²) in [7, 11) is 1.54. The van der Waals surface area contributed by atoms with Crippen molar-refractivity contribution < 1.29 is 36.9 Å². The first kappa shape index (κ1) is 25.2. The van der Waals surface area contributed by atoms with Crippen LogP contribution >= 0.6 is 0 Å². The van der Waals surface area contributed by atoms with Crippen molar-refractivity contribution in [2.45, 2.75) is 50.6 Å². The highest BCUT2D eigenvalue weighted by Gasteiger charge is 2.49. The monoisotopic (exact) mass is 521 g/mol. The first-order valence-electron chi connectivity index (χ1n) is 12.1. The average molecular weight is 522 g/mol. The molecule has 37 heavy (non-hydrogen) atoms. The molecule has 2 fully saturated rings. The fourth-order valence-electron chi connectivity index (χ4n) is 5.72. The van der Waals surface area contributed by atoms with Crippen molar-refractivity contribution in [1.82, 2.24) is 0 Å². The molecule has 7 nitrogen and oxygen atoms in total. The average Bonchev–Trinajstić information content (AvgIpc) is 3.53. The normalized spacial score (nSPS) is 27.0. The molecule has 11 heteroatoms. The Hall–Kier alpha value is -3.50. The van der Waals surface area contributed by atoms with Gasteiger partial charge in [0, 0.05) is 36.9 Å². The van der Waals surface area contributed by atoms with E-state index < -0.39 is 36.2 Å². The summed E-state index contributed by atoms with van der Waals surface area (Å²) in [4.78, 5) is 13.4. The Morgan fingerprint density at radius 2 is 1.84 bits per heavy atom. The van der Waals surface area contributed by atoms with E-state index >= 15 is 0 Å². The van der Waals surface area contributed by atoms with E-state index in [1.54, 1.807) is 43.5 Å². The second-order valence-electron chi connectivity index (χ2n) is 9.79. The van der Waals surface area contributed by atoms with Crippen LogP contribution in [0, 0.1) is 17.7 Å². The molecule has 1 aliphatic carbocycles. The van der Waals surface area contributed by atoms with Crippen LogP contribution in [0.2, 0.25) is 0 Å². The van der Waals surface area contributed by atoms with Crippen LogP contribution < -0.4 is 19.4 Å². The summed E-state index contributed by atoms with van der Waals surface area (Å²) in [6.07, 6.45) is -3.60. The minimum absolute atomic E-state index is 0.0674. The SMILES string of the molecule is COc1ccc(F)c(N2C[C@H]3C[C@@H]2CC3Oc2ccc(N3N=C(C(F)(F)F)[C@@H](C)[C@@H]3CC(=O)O)cc2)c1. The number of methoxy groups -OCH3 is 1. The molecule has 0 radical (unpaired) electrons. The minimum atomic E-state index is -4.64. The van der Waals surface area contributed by atoms with Crippen LogP contribution in [-0.4, -0.2) is 54.8 Å². The summed E-state index contributed by atoms with van der Waals surface area (Å²) >= 11 is 0. The Morgan fingerprint density at radius 1 is 1.14 bits per heavy atom. The molecule has 0 spiro atoms. The topological polar surface area (TPSA) is 74.6 Å². The van der Waals surface area contributed by atoms with Crippen LogP contribution in [0.1, 0.15) is 26.2 Å². The van der Waals surface area contributed by atoms with Crippen molar-refractivity contribution in [2.75, 3.05) is 23.6 Å². The molecule has 0 aromatic heterocycles. The van der Waals surface area contributed by atoms with E-state index in [0.717, 1.165) is 11.4 Å². The van der Waals surface area contributed by atoms with Gasteiger partial charge in [-0.15, -0.1) is 0 Å². The van der Waals surface area contributed by atoms with E-state index in [4.69, 9.17) is 9.47 Å². The summed E-state index contributed by atoms with van der Waals surface area (Å²) in [5.41, 5.74) is -0.111. The number of alkyl halides is 3. The molecule has 1 unspecified atom stereocenters. The number of ether oxygens (including phenoxy) is 2. The first-order valence-corrected chi connectivity index (χ1v) is 12.1. The van der Waals surface area contributed by atoms with Gasteiger partial charge in [0.15, 0.2) is 0 Å². The number of carboxylic acids is 1. The summed E-state index contributed by atoms with van der Waals surface area (Å²) in [6.45, 7) is 1.99. The maximum Gasteiger partial charge on any atom is 0.431 e. The minimum Gasteiger partial charge on any atom is -0.497 e. The number of rotatable bonds is 7. The lowest BCUT2D eigenvalue weighted by molar-refractivity contribution is -0.137. The quantitative estimate of drug-likeness (QED) is 0.512. The van der Waals surface area contributed by atoms with Gasteiger partial charge in [-0.05, 0) is 42.8 Å². The van der Waals surface area contributed by atoms with Crippen LogP contribution in [0.4, 0.5) is 28.9 Å². The van der Waals surface area contributed by atoms with Crippen LogP contribution in [-0.2, 0) is 4.79 Å². The summed E-state index contributed by atoms with van der Waals surface area (Å²) < 4.78 is 66.2. The van der Waals surface area contributed by atoms with E-state index in [2.05, 4.69) is 10.0 Å². The molecule has 3 aliphatic rings. The lowest BCUT2D eigenvalue weighted by Crippen LogP contribution is -2.40. The van der Waals surface area contributed by atoms with Gasteiger partial charge in [-0.25, -0.2) is 4.39 Å². The third-order valence-corrected chi connectivity index (χ3v) is 7.54. The molecule has 1 N–H and O–H groups in total. The van der Waals surface area contributed by atoms with Crippen molar-refractivity contribution in [3.63, 3.8) is 0 Å². The van der Waals surface area contributed by atoms with Crippen molar-refractivity contribution in [3.05, 3.63) is 48.3 Å². The molecule has 2 bridgehead atoms. The molecule has 2 aromatic carbocycles. The van der Waals surface area contributed by atoms with Gasteiger partial charge in [0.2, 0.25) is 0 Å². The molecular weight excluding hydrogens is 494 g/mol. The number of aliphatic carboxylic acids is 1. The Bertz CT molecular complexity index is 1200. The number of nitrogens with zero attached hydrogens (tertiary/aromatic N) is 3. The van der Waals surface area contributed by atoms with Gasteiger partial charge in [-0.3, -0.25) is 9.80 Å². The molecule has 2 aliphatic heterocycles. The van der Waals surface area contributed by atoms with Crippen molar-refractivity contribution >= 4 is 23.1 Å². The van der Waals surface area contributed by atoms with E-state index in [1.807, 2.05) is 0 Å². The van der Waals surface area contributed by atoms with Gasteiger partial charge in [-0.1, -0.05) is 6.92 Å². The fourth-order valence-corrected chi connectivity index (χ4v) is 5.72. The van der Waals surface area contributed by atoms with E-state index in [9.17, 15) is 27.5 Å². The maximum atomic E-state index is 14.5. The Morgan fingerprint density at radius 3 is 2.43 bits per heavy atom. The van der Waals surface area contributed by atoms with Gasteiger partial charge >= 0.3 is 12.1 Å². The third kappa shape index (κ3) is 4.78. The number of carboxylic acid groups (broad SMARTS) is 1. The molecular formula is C26H27F4N3O4. The summed E-state index contributed by atoms with van der Waals surface area (Å²) in [5, 5.41) is 14.1. The number of hydrogen-bond acceptors (Lipinski definition) is 6. The van der Waals surface area contributed by atoms with Crippen LogP contribution in [0.25, 0.3) is 0 Å². The number of halogens is 4. The molecule has 2 heterocycles. The summed E-state index contributed by atoms with van der Waals surface area (Å²) in [6, 6.07) is 10.4. The number of fused-ring (bicyclic) bond motifs is 2. The predicted molar refractivity (Wildman–Crippen MR) is 129 cm³/mol. The first-order chi connectivity index (χ1) is 17.5. The van der Waals surface area contributed by atoms with Crippen LogP contribution in [0.15, 0.2) is 47.6 Å². The van der Waals surface area contributed by atoms with E-state index in [1.165, 1.54) is 13.0 Å². The van der Waals surface area contributed by atoms with Crippen molar-refractivity contribution in [1.29, 1.82) is 0 Å². The van der Waals surface area contributed by atoms with Gasteiger partial charge < -0.3 is 19.5 Å². The Balaban J connectivity index is 1.27. The molecule has 198 valence electrons. The molecule has 1 saturated heterocycles. The van der Waals surface area contributed by atoms with Crippen LogP contribution in [0.5, 0.6) is 11.5 Å². The highest BCUT2D eigenvalue weighted by molar-refractivity contribution is 5.95. The van der Waals surface area contributed by atoms with Gasteiger partial charge in [0.25, 0.3) is 0 Å². The van der Waals surface area contributed by atoms with Gasteiger partial charge in [0.05, 0.1) is 30.9 Å². The number of hydrazone groups is 1. The maximum absolute atomic E-state index is 14.5. The molecule has 5 atom stereocenters. The number of benzene rings is 2. The number of anilines is 2. The Labute approximate surface area is 211 Å². The lowest BCUT2D eigenvalue weighted by Gasteiger charge is -2.33. The zero-order valence-electron chi connectivity index (χ0n) is 20.3. The molecule has 2 aromatic rings. The predicted octanol–water partition coefficient (Wildman–Crippen LogP) is 5.10. The van der Waals surface area contributed by atoms with Crippen molar-refractivity contribution in [3.8, 4) is 11.5 Å². The second kappa shape index (κ2) is 9.42. The smallest absolute Gasteiger partial charge is 0.431 e. The fraction of sp³-hybridized carbons (Fsp3) is 0.462. The number of carbonyl (C=O) groups is 1. The third-order valence-electron chi connectivity index (χ3n) is 7.54. The highest BCUT2D eigenvalue weighted by Crippen LogP contribution is 2.44. The largest absolute Gasteiger partial charge is 0.497 e. The molecule has 5 rings (SSSR count). The van der Waals surface area contributed by atoms with E-state index in [0.29, 0.717) is 35.8 Å². The van der Waals surface area contributed by atoms with Gasteiger partial charge in [-0.2, -0.15) is 18.3 Å².